The van der Waals surface area contributed by atoms with Crippen molar-refractivity contribution in [2.24, 2.45) is 0 Å². The first kappa shape index (κ1) is 18.3. The lowest BCUT2D eigenvalue weighted by molar-refractivity contribution is 0.569. The second-order valence-electron chi connectivity index (χ2n) is 3.99. The fourth-order valence-electron chi connectivity index (χ4n) is 1.47. The van der Waals surface area contributed by atoms with Gasteiger partial charge in [0.25, 0.3) is 0 Å². The van der Waals surface area contributed by atoms with Crippen molar-refractivity contribution in [2.45, 2.75) is 19.1 Å². The molecule has 0 aliphatic heterocycles. The Hall–Kier alpha value is -0.690. The van der Waals surface area contributed by atoms with E-state index in [1.807, 2.05) is 6.92 Å². The van der Waals surface area contributed by atoms with E-state index < -0.39 is 15.8 Å². The van der Waals surface area contributed by atoms with Crippen molar-refractivity contribution in [3.05, 3.63) is 35.6 Å². The smallest absolute Gasteiger partial charge is 0.215 e. The van der Waals surface area contributed by atoms with Crippen LogP contribution in [0.25, 0.3) is 0 Å². The standard InChI is InChI=1S/C12H19FN2O2S.ClH/c1-2-7-14-8-9-15-18(16,17)10-11-5-3-4-6-12(11)13;/h3-6,14-15H,2,7-10H2,1H3;1H. The van der Waals surface area contributed by atoms with Gasteiger partial charge in [-0.05, 0) is 19.0 Å². The van der Waals surface area contributed by atoms with E-state index in [-0.39, 0.29) is 23.7 Å². The van der Waals surface area contributed by atoms with Gasteiger partial charge < -0.3 is 5.32 Å². The van der Waals surface area contributed by atoms with Gasteiger partial charge in [0, 0.05) is 18.7 Å². The first-order chi connectivity index (χ1) is 8.55. The Morgan fingerprint density at radius 1 is 1.16 bits per heavy atom. The summed E-state index contributed by atoms with van der Waals surface area (Å²) in [5, 5.41) is 3.08. The van der Waals surface area contributed by atoms with Crippen molar-refractivity contribution in [2.75, 3.05) is 19.6 Å². The summed E-state index contributed by atoms with van der Waals surface area (Å²) in [5.74, 6) is -0.819. The molecule has 110 valence electrons. The summed E-state index contributed by atoms with van der Waals surface area (Å²) in [6.07, 6.45) is 1.00. The zero-order valence-electron chi connectivity index (χ0n) is 10.9. The molecule has 1 aromatic rings. The van der Waals surface area contributed by atoms with Crippen LogP contribution in [0.1, 0.15) is 18.9 Å². The molecule has 0 bridgehead atoms. The van der Waals surface area contributed by atoms with Gasteiger partial charge in [-0.3, -0.25) is 0 Å². The van der Waals surface area contributed by atoms with Crippen molar-refractivity contribution < 1.29 is 12.8 Å². The minimum absolute atomic E-state index is 0. The monoisotopic (exact) mass is 310 g/mol. The van der Waals surface area contributed by atoms with Crippen molar-refractivity contribution >= 4 is 22.4 Å². The zero-order chi connectivity index (χ0) is 13.4. The van der Waals surface area contributed by atoms with Crippen molar-refractivity contribution in [3.63, 3.8) is 0 Å². The molecule has 1 rings (SSSR count). The second-order valence-corrected chi connectivity index (χ2v) is 5.80. The average Bonchev–Trinajstić information content (AvgIpc) is 2.31. The van der Waals surface area contributed by atoms with Crippen LogP contribution in [-0.4, -0.2) is 28.1 Å². The first-order valence-electron chi connectivity index (χ1n) is 5.96. The van der Waals surface area contributed by atoms with Gasteiger partial charge in [0.2, 0.25) is 10.0 Å². The Morgan fingerprint density at radius 2 is 1.84 bits per heavy atom. The Kier molecular flexibility index (Phi) is 8.92. The van der Waals surface area contributed by atoms with Crippen molar-refractivity contribution in [1.29, 1.82) is 0 Å². The van der Waals surface area contributed by atoms with Crippen molar-refractivity contribution in [1.82, 2.24) is 10.0 Å². The van der Waals surface area contributed by atoms with E-state index in [9.17, 15) is 12.8 Å². The largest absolute Gasteiger partial charge is 0.315 e. The Morgan fingerprint density at radius 3 is 2.47 bits per heavy atom. The maximum atomic E-state index is 13.3. The van der Waals surface area contributed by atoms with Gasteiger partial charge in [-0.1, -0.05) is 25.1 Å². The van der Waals surface area contributed by atoms with Gasteiger partial charge in [0.1, 0.15) is 5.82 Å². The molecule has 4 nitrogen and oxygen atoms in total. The highest BCUT2D eigenvalue weighted by atomic mass is 35.5. The fourth-order valence-corrected chi connectivity index (χ4v) is 2.63. The highest BCUT2D eigenvalue weighted by molar-refractivity contribution is 7.88. The van der Waals surface area contributed by atoms with Crippen LogP contribution >= 0.6 is 12.4 Å². The quantitative estimate of drug-likeness (QED) is 0.718. The summed E-state index contributed by atoms with van der Waals surface area (Å²) in [6, 6.07) is 5.89. The molecule has 2 N–H and O–H groups in total. The van der Waals surface area contributed by atoms with E-state index in [4.69, 9.17) is 0 Å². The molecule has 0 aliphatic rings. The minimum Gasteiger partial charge on any atom is -0.315 e. The molecule has 7 heteroatoms. The highest BCUT2D eigenvalue weighted by Crippen LogP contribution is 2.09. The molecule has 0 aromatic heterocycles. The van der Waals surface area contributed by atoms with E-state index in [2.05, 4.69) is 10.0 Å². The van der Waals surface area contributed by atoms with Gasteiger partial charge in [-0.15, -0.1) is 12.4 Å². The number of benzene rings is 1. The molecule has 0 amide bonds. The molecule has 19 heavy (non-hydrogen) atoms. The first-order valence-corrected chi connectivity index (χ1v) is 7.62. The van der Waals surface area contributed by atoms with E-state index in [1.54, 1.807) is 6.07 Å². The summed E-state index contributed by atoms with van der Waals surface area (Å²) >= 11 is 0. The molecule has 0 saturated heterocycles. The summed E-state index contributed by atoms with van der Waals surface area (Å²) in [4.78, 5) is 0. The number of sulfonamides is 1. The maximum absolute atomic E-state index is 13.3. The number of hydrogen-bond donors (Lipinski definition) is 2. The van der Waals surface area contributed by atoms with Gasteiger partial charge in [-0.2, -0.15) is 0 Å². The topological polar surface area (TPSA) is 58.2 Å². The molecule has 0 fully saturated rings. The second kappa shape index (κ2) is 9.25. The maximum Gasteiger partial charge on any atom is 0.215 e. The van der Waals surface area contributed by atoms with E-state index in [1.165, 1.54) is 18.2 Å². The van der Waals surface area contributed by atoms with Crippen LogP contribution in [0.3, 0.4) is 0 Å². The van der Waals surface area contributed by atoms with E-state index in [0.717, 1.165) is 13.0 Å². The lowest BCUT2D eigenvalue weighted by Gasteiger charge is -2.08. The number of halogens is 2. The summed E-state index contributed by atoms with van der Waals surface area (Å²) in [5.41, 5.74) is 0.187. The van der Waals surface area contributed by atoms with Gasteiger partial charge in [-0.25, -0.2) is 17.5 Å². The Labute approximate surface area is 120 Å². The summed E-state index contributed by atoms with van der Waals surface area (Å²) in [7, 11) is -3.47. The third-order valence-corrected chi connectivity index (χ3v) is 3.69. The Bertz CT molecular complexity index is 469. The normalized spacial score (nSPS) is 11.1. The molecule has 0 radical (unpaired) electrons. The fraction of sp³-hybridized carbons (Fsp3) is 0.500. The number of rotatable bonds is 8. The molecule has 0 saturated carbocycles. The molecular formula is C12H20ClFN2O2S. The third-order valence-electron chi connectivity index (χ3n) is 2.35. The average molecular weight is 311 g/mol. The SMILES string of the molecule is CCCNCCNS(=O)(=O)Cc1ccccc1F.Cl. The van der Waals surface area contributed by atoms with Crippen LogP contribution < -0.4 is 10.0 Å². The molecule has 0 heterocycles. The number of hydrogen-bond acceptors (Lipinski definition) is 3. The zero-order valence-corrected chi connectivity index (χ0v) is 12.5. The molecular weight excluding hydrogens is 291 g/mol. The molecule has 0 spiro atoms. The predicted octanol–water partition coefficient (Wildman–Crippen LogP) is 1.67. The minimum atomic E-state index is -3.47. The summed E-state index contributed by atoms with van der Waals surface area (Å²) in [6.45, 7) is 3.78. The van der Waals surface area contributed by atoms with E-state index >= 15 is 0 Å². The molecule has 1 aromatic carbocycles. The third kappa shape index (κ3) is 7.47. The van der Waals surface area contributed by atoms with Gasteiger partial charge >= 0.3 is 0 Å². The van der Waals surface area contributed by atoms with Crippen LogP contribution in [0.2, 0.25) is 0 Å². The van der Waals surface area contributed by atoms with Gasteiger partial charge in [0.15, 0.2) is 0 Å². The van der Waals surface area contributed by atoms with Gasteiger partial charge in [0.05, 0.1) is 5.75 Å². The molecule has 0 atom stereocenters. The lowest BCUT2D eigenvalue weighted by atomic mass is 10.2. The molecule has 0 unspecified atom stereocenters. The number of nitrogens with one attached hydrogen (secondary N) is 2. The predicted molar refractivity (Wildman–Crippen MR) is 77.4 cm³/mol. The van der Waals surface area contributed by atoms with Crippen LogP contribution in [-0.2, 0) is 15.8 Å². The van der Waals surface area contributed by atoms with E-state index in [0.29, 0.717) is 13.1 Å². The lowest BCUT2D eigenvalue weighted by Crippen LogP contribution is -2.33. The Balaban J connectivity index is 0.00000324. The van der Waals surface area contributed by atoms with Crippen LogP contribution in [0.4, 0.5) is 4.39 Å². The van der Waals surface area contributed by atoms with Crippen molar-refractivity contribution in [3.8, 4) is 0 Å². The van der Waals surface area contributed by atoms with Crippen LogP contribution in [0.5, 0.6) is 0 Å². The van der Waals surface area contributed by atoms with Crippen LogP contribution in [0.15, 0.2) is 24.3 Å². The summed E-state index contributed by atoms with van der Waals surface area (Å²) < 4.78 is 39.1. The molecule has 0 aliphatic carbocycles. The van der Waals surface area contributed by atoms with Crippen LogP contribution in [0, 0.1) is 5.82 Å². The highest BCUT2D eigenvalue weighted by Gasteiger charge is 2.13.